The fourth-order valence-corrected chi connectivity index (χ4v) is 3.70. The average molecular weight is 333 g/mol. The van der Waals surface area contributed by atoms with Gasteiger partial charge in [-0.05, 0) is 41.6 Å². The zero-order valence-corrected chi connectivity index (χ0v) is 14.1. The molecule has 1 aliphatic heterocycles. The molecule has 0 saturated heterocycles. The number of aryl methyl sites for hydroxylation is 1. The Morgan fingerprint density at radius 2 is 2.09 bits per heavy atom. The third-order valence-electron chi connectivity index (χ3n) is 3.85. The fraction of sp³-hybridized carbons (Fsp3) is 0.294. The van der Waals surface area contributed by atoms with Gasteiger partial charge in [0.25, 0.3) is 0 Å². The monoisotopic (exact) mass is 332 g/mol. The fourth-order valence-electron chi connectivity index (χ4n) is 2.65. The first kappa shape index (κ1) is 15.3. The van der Waals surface area contributed by atoms with E-state index in [4.69, 9.17) is 11.6 Å². The third-order valence-corrected chi connectivity index (χ3v) is 5.16. The van der Waals surface area contributed by atoms with Crippen molar-refractivity contribution in [1.29, 1.82) is 0 Å². The number of thiophene rings is 1. The zero-order valence-electron chi connectivity index (χ0n) is 12.5. The van der Waals surface area contributed by atoms with Crippen molar-refractivity contribution >= 4 is 34.6 Å². The average Bonchev–Trinajstić information content (AvgIpc) is 3.13. The predicted octanol–water partition coefficient (Wildman–Crippen LogP) is 4.80. The number of amides is 1. The largest absolute Gasteiger partial charge is 0.273 e. The van der Waals surface area contributed by atoms with Gasteiger partial charge in [0.1, 0.15) is 0 Å². The van der Waals surface area contributed by atoms with E-state index in [0.29, 0.717) is 11.4 Å². The van der Waals surface area contributed by atoms with Gasteiger partial charge in [0.15, 0.2) is 0 Å². The molecule has 0 spiro atoms. The van der Waals surface area contributed by atoms with Crippen molar-refractivity contribution in [3.05, 3.63) is 56.7 Å². The number of hydrazone groups is 1. The van der Waals surface area contributed by atoms with Crippen LogP contribution in [-0.2, 0) is 4.79 Å². The minimum atomic E-state index is -0.0405. The lowest BCUT2D eigenvalue weighted by Gasteiger charge is -2.21. The van der Waals surface area contributed by atoms with Gasteiger partial charge in [0.05, 0.1) is 16.6 Å². The molecule has 3 rings (SSSR count). The van der Waals surface area contributed by atoms with Crippen LogP contribution in [0.25, 0.3) is 0 Å². The first-order valence-electron chi connectivity index (χ1n) is 7.29. The van der Waals surface area contributed by atoms with Crippen LogP contribution in [0.4, 0.5) is 0 Å². The SMILES string of the molecule is CCC(=O)N1N=C(c2sccc2C)C[C@@H]1c1ccc(Cl)cc1. The highest BCUT2D eigenvalue weighted by molar-refractivity contribution is 7.12. The summed E-state index contributed by atoms with van der Waals surface area (Å²) in [5.41, 5.74) is 3.28. The number of hydrogen-bond acceptors (Lipinski definition) is 3. The molecule has 2 aromatic rings. The molecule has 114 valence electrons. The molecule has 0 N–H and O–H groups in total. The molecule has 0 radical (unpaired) electrons. The molecule has 0 bridgehead atoms. The highest BCUT2D eigenvalue weighted by Gasteiger charge is 2.33. The number of benzene rings is 1. The number of nitrogens with zero attached hydrogens (tertiary/aromatic N) is 2. The summed E-state index contributed by atoms with van der Waals surface area (Å²) in [4.78, 5) is 13.4. The van der Waals surface area contributed by atoms with Crippen LogP contribution in [0.1, 0.15) is 41.8 Å². The quantitative estimate of drug-likeness (QED) is 0.794. The van der Waals surface area contributed by atoms with Crippen LogP contribution in [0.5, 0.6) is 0 Å². The summed E-state index contributed by atoms with van der Waals surface area (Å²) >= 11 is 7.65. The Kier molecular flexibility index (Phi) is 4.32. The first-order valence-corrected chi connectivity index (χ1v) is 8.55. The predicted molar refractivity (Wildman–Crippen MR) is 91.5 cm³/mol. The molecule has 0 fully saturated rings. The summed E-state index contributed by atoms with van der Waals surface area (Å²) in [5, 5.41) is 9.02. The zero-order chi connectivity index (χ0) is 15.7. The Morgan fingerprint density at radius 1 is 1.36 bits per heavy atom. The lowest BCUT2D eigenvalue weighted by Crippen LogP contribution is -2.26. The molecular formula is C17H17ClN2OS. The maximum atomic E-state index is 12.3. The normalized spacial score (nSPS) is 17.7. The van der Waals surface area contributed by atoms with E-state index < -0.39 is 0 Å². The topological polar surface area (TPSA) is 32.7 Å². The molecule has 0 aliphatic carbocycles. The van der Waals surface area contributed by atoms with E-state index in [1.165, 1.54) is 10.4 Å². The number of rotatable bonds is 3. The number of hydrogen-bond donors (Lipinski definition) is 0. The number of carbonyl (C=O) groups is 1. The Hall–Kier alpha value is -1.65. The molecule has 1 amide bonds. The maximum Gasteiger partial charge on any atom is 0.242 e. The minimum Gasteiger partial charge on any atom is -0.273 e. The minimum absolute atomic E-state index is 0.0405. The number of carbonyl (C=O) groups excluding carboxylic acids is 1. The van der Waals surface area contributed by atoms with Crippen molar-refractivity contribution in [3.8, 4) is 0 Å². The molecule has 0 unspecified atom stereocenters. The van der Waals surface area contributed by atoms with Gasteiger partial charge in [0.2, 0.25) is 5.91 Å². The summed E-state index contributed by atoms with van der Waals surface area (Å²) in [6.07, 6.45) is 1.19. The second kappa shape index (κ2) is 6.23. The van der Waals surface area contributed by atoms with Crippen molar-refractivity contribution < 1.29 is 4.79 Å². The lowest BCUT2D eigenvalue weighted by atomic mass is 10.0. The van der Waals surface area contributed by atoms with Crippen LogP contribution in [0, 0.1) is 6.92 Å². The van der Waals surface area contributed by atoms with E-state index in [9.17, 15) is 4.79 Å². The van der Waals surface area contributed by atoms with E-state index in [1.807, 2.05) is 31.2 Å². The summed E-state index contributed by atoms with van der Waals surface area (Å²) in [6.45, 7) is 3.95. The number of halogens is 1. The second-order valence-corrected chi connectivity index (χ2v) is 6.70. The van der Waals surface area contributed by atoms with Crippen molar-refractivity contribution in [2.24, 2.45) is 5.10 Å². The molecule has 1 aromatic heterocycles. The van der Waals surface area contributed by atoms with Gasteiger partial charge < -0.3 is 0 Å². The standard InChI is InChI=1S/C17H17ClN2OS/c1-3-16(21)20-15(12-4-6-13(18)7-5-12)10-14(19-20)17-11(2)8-9-22-17/h4-9,15H,3,10H2,1-2H3/t15-/m1/s1. The summed E-state index contributed by atoms with van der Waals surface area (Å²) < 4.78 is 0. The van der Waals surface area contributed by atoms with Gasteiger partial charge in [-0.1, -0.05) is 30.7 Å². The van der Waals surface area contributed by atoms with Gasteiger partial charge in [-0.25, -0.2) is 5.01 Å². The van der Waals surface area contributed by atoms with E-state index >= 15 is 0 Å². The third kappa shape index (κ3) is 2.81. The first-order chi connectivity index (χ1) is 10.6. The second-order valence-electron chi connectivity index (χ2n) is 5.34. The molecule has 1 aliphatic rings. The highest BCUT2D eigenvalue weighted by atomic mass is 35.5. The summed E-state index contributed by atoms with van der Waals surface area (Å²) in [6, 6.07) is 9.72. The molecule has 2 heterocycles. The van der Waals surface area contributed by atoms with Crippen LogP contribution in [-0.4, -0.2) is 16.6 Å². The molecule has 3 nitrogen and oxygen atoms in total. The van der Waals surface area contributed by atoms with Crippen molar-refractivity contribution in [2.75, 3.05) is 0 Å². The van der Waals surface area contributed by atoms with Crippen molar-refractivity contribution in [3.63, 3.8) is 0 Å². The Labute approximate surface area is 139 Å². The van der Waals surface area contributed by atoms with E-state index in [2.05, 4.69) is 23.5 Å². The Balaban J connectivity index is 1.96. The maximum absolute atomic E-state index is 12.3. The lowest BCUT2D eigenvalue weighted by molar-refractivity contribution is -0.132. The van der Waals surface area contributed by atoms with Crippen LogP contribution in [0.2, 0.25) is 5.02 Å². The molecule has 22 heavy (non-hydrogen) atoms. The van der Waals surface area contributed by atoms with Gasteiger partial charge in [-0.15, -0.1) is 11.3 Å². The molecular weight excluding hydrogens is 316 g/mol. The molecule has 5 heteroatoms. The summed E-state index contributed by atoms with van der Waals surface area (Å²) in [5.74, 6) is 0.0455. The van der Waals surface area contributed by atoms with Gasteiger partial charge >= 0.3 is 0 Å². The Bertz CT molecular complexity index is 721. The van der Waals surface area contributed by atoms with Crippen molar-refractivity contribution in [1.82, 2.24) is 5.01 Å². The molecule has 1 aromatic carbocycles. The van der Waals surface area contributed by atoms with E-state index in [-0.39, 0.29) is 11.9 Å². The van der Waals surface area contributed by atoms with Crippen LogP contribution in [0.15, 0.2) is 40.8 Å². The van der Waals surface area contributed by atoms with Gasteiger partial charge in [-0.3, -0.25) is 4.79 Å². The van der Waals surface area contributed by atoms with Crippen LogP contribution >= 0.6 is 22.9 Å². The van der Waals surface area contributed by atoms with Crippen LogP contribution < -0.4 is 0 Å². The highest BCUT2D eigenvalue weighted by Crippen LogP contribution is 2.35. The molecule has 0 saturated carbocycles. The van der Waals surface area contributed by atoms with Gasteiger partial charge in [0, 0.05) is 17.9 Å². The summed E-state index contributed by atoms with van der Waals surface area (Å²) in [7, 11) is 0. The molecule has 1 atom stereocenters. The van der Waals surface area contributed by atoms with E-state index in [0.717, 1.165) is 17.7 Å². The Morgan fingerprint density at radius 3 is 2.68 bits per heavy atom. The smallest absolute Gasteiger partial charge is 0.242 e. The van der Waals surface area contributed by atoms with Crippen LogP contribution in [0.3, 0.4) is 0 Å². The van der Waals surface area contributed by atoms with E-state index in [1.54, 1.807) is 16.3 Å². The van der Waals surface area contributed by atoms with Gasteiger partial charge in [-0.2, -0.15) is 5.10 Å². The van der Waals surface area contributed by atoms with Crippen molar-refractivity contribution in [2.45, 2.75) is 32.7 Å².